The molecule has 4 aromatic rings. The molecule has 238 valence electrons. The van der Waals surface area contributed by atoms with Crippen molar-refractivity contribution in [2.24, 2.45) is 0 Å². The molecule has 3 aromatic heterocycles. The molecule has 0 saturated carbocycles. The number of amides is 1. The minimum atomic E-state index is -4.53. The Balaban J connectivity index is 1.41. The number of aromatic nitrogens is 2. The zero-order valence-electron chi connectivity index (χ0n) is 23.4. The predicted octanol–water partition coefficient (Wildman–Crippen LogP) is 6.77. The van der Waals surface area contributed by atoms with Crippen LogP contribution in [-0.2, 0) is 27.5 Å². The quantitative estimate of drug-likeness (QED) is 0.189. The molecule has 16 heteroatoms. The summed E-state index contributed by atoms with van der Waals surface area (Å²) >= 11 is 6.54. The van der Waals surface area contributed by atoms with Crippen molar-refractivity contribution in [2.75, 3.05) is 11.9 Å². The molecule has 1 aliphatic rings. The lowest BCUT2D eigenvalue weighted by molar-refractivity contribution is -0.137. The number of benzene rings is 1. The van der Waals surface area contributed by atoms with Gasteiger partial charge < -0.3 is 10.6 Å². The smallest absolute Gasteiger partial charge is 0.362 e. The number of hydrogen-bond acceptors (Lipinski definition) is 7. The highest BCUT2D eigenvalue weighted by Crippen LogP contribution is 2.38. The van der Waals surface area contributed by atoms with Gasteiger partial charge in [-0.2, -0.15) is 17.5 Å². The number of thiophene rings is 1. The van der Waals surface area contributed by atoms with Gasteiger partial charge in [-0.15, -0.1) is 11.3 Å². The summed E-state index contributed by atoms with van der Waals surface area (Å²) in [6.07, 6.45) is -3.93. The van der Waals surface area contributed by atoms with Crippen molar-refractivity contribution in [1.82, 2.24) is 19.6 Å². The van der Waals surface area contributed by atoms with Crippen molar-refractivity contribution in [1.29, 1.82) is 0 Å². The van der Waals surface area contributed by atoms with Crippen molar-refractivity contribution in [3.63, 3.8) is 0 Å². The number of rotatable bonds is 9. The number of alkyl halides is 5. The number of anilines is 1. The number of halogens is 6. The Bertz CT molecular complexity index is 1790. The predicted molar refractivity (Wildman–Crippen MR) is 159 cm³/mol. The van der Waals surface area contributed by atoms with E-state index in [9.17, 15) is 35.2 Å². The van der Waals surface area contributed by atoms with Gasteiger partial charge in [-0.3, -0.25) is 9.78 Å². The van der Waals surface area contributed by atoms with Gasteiger partial charge in [-0.25, -0.2) is 22.2 Å². The van der Waals surface area contributed by atoms with E-state index < -0.39 is 52.6 Å². The van der Waals surface area contributed by atoms with Crippen molar-refractivity contribution < 1.29 is 35.2 Å². The van der Waals surface area contributed by atoms with Gasteiger partial charge in [-0.1, -0.05) is 29.8 Å². The van der Waals surface area contributed by atoms with Crippen LogP contribution in [0.4, 0.5) is 27.8 Å². The normalized spacial score (nSPS) is 17.6. The van der Waals surface area contributed by atoms with E-state index in [2.05, 4.69) is 20.6 Å². The summed E-state index contributed by atoms with van der Waals surface area (Å²) in [4.78, 5) is 22.1. The first-order valence-corrected chi connectivity index (χ1v) is 16.0. The number of carbonyl (C=O) groups excluding carboxylic acids is 1. The molecule has 1 aliphatic heterocycles. The van der Waals surface area contributed by atoms with Crippen molar-refractivity contribution in [3.05, 3.63) is 94.1 Å². The second-order valence-corrected chi connectivity index (χ2v) is 14.2. The third kappa shape index (κ3) is 7.60. The van der Waals surface area contributed by atoms with Crippen LogP contribution < -0.4 is 10.6 Å². The van der Waals surface area contributed by atoms with E-state index in [4.69, 9.17) is 11.6 Å². The fourth-order valence-electron chi connectivity index (χ4n) is 4.79. The fourth-order valence-corrected chi connectivity index (χ4v) is 8.02. The number of pyridine rings is 2. The molecule has 0 spiro atoms. The molecule has 0 bridgehead atoms. The molecule has 2 unspecified atom stereocenters. The first kappa shape index (κ1) is 32.7. The van der Waals surface area contributed by atoms with Crippen LogP contribution >= 0.6 is 22.9 Å². The zero-order chi connectivity index (χ0) is 32.6. The third-order valence-electron chi connectivity index (χ3n) is 7.00. The van der Waals surface area contributed by atoms with E-state index in [1.165, 1.54) is 30.3 Å². The van der Waals surface area contributed by atoms with Crippen molar-refractivity contribution in [2.45, 2.75) is 48.3 Å². The summed E-state index contributed by atoms with van der Waals surface area (Å²) < 4.78 is 95.0. The van der Waals surface area contributed by atoms with Crippen LogP contribution in [0.5, 0.6) is 0 Å². The fraction of sp³-hybridized carbons (Fsp3) is 0.276. The van der Waals surface area contributed by atoms with Gasteiger partial charge >= 0.3 is 6.18 Å². The number of nitrogens with one attached hydrogen (secondary N) is 2. The Morgan fingerprint density at radius 3 is 2.49 bits per heavy atom. The van der Waals surface area contributed by atoms with Gasteiger partial charge in [0.1, 0.15) is 16.1 Å². The molecule has 0 radical (unpaired) electrons. The standard InChI is InChI=1S/C29H25ClF5N5O3S2/c1-17(21-4-2-3-11-36-21)38-25-13-18(12-22(39-25)19-5-7-20(8-6-19)29(33,34)35)15-37-27(41)23-14-28(31,32)16-40(23)45(42,43)26-10-9-24(30)44-26/h2-13,17,23H,14-16H2,1H3,(H,37,41)(H,38,39). The molecule has 1 fully saturated rings. The summed E-state index contributed by atoms with van der Waals surface area (Å²) in [6, 6.07) is 13.3. The highest BCUT2D eigenvalue weighted by atomic mass is 35.5. The molecule has 1 amide bonds. The summed E-state index contributed by atoms with van der Waals surface area (Å²) in [5, 5.41) is 5.72. The average Bonchev–Trinajstić information content (AvgIpc) is 3.59. The van der Waals surface area contributed by atoms with Gasteiger partial charge in [-0.05, 0) is 61.0 Å². The maximum atomic E-state index is 14.5. The molecular weight excluding hydrogens is 661 g/mol. The van der Waals surface area contributed by atoms with E-state index in [0.717, 1.165) is 12.1 Å². The molecule has 1 aromatic carbocycles. The Morgan fingerprint density at radius 2 is 1.87 bits per heavy atom. The topological polar surface area (TPSA) is 104 Å². The molecule has 2 atom stereocenters. The van der Waals surface area contributed by atoms with E-state index in [1.807, 2.05) is 6.92 Å². The van der Waals surface area contributed by atoms with Crippen molar-refractivity contribution >= 4 is 44.7 Å². The van der Waals surface area contributed by atoms with Crippen molar-refractivity contribution in [3.8, 4) is 11.3 Å². The van der Waals surface area contributed by atoms with Gasteiger partial charge in [0.05, 0.1) is 33.9 Å². The summed E-state index contributed by atoms with van der Waals surface area (Å²) in [7, 11) is -4.45. The summed E-state index contributed by atoms with van der Waals surface area (Å²) in [6.45, 7) is 0.435. The molecule has 8 nitrogen and oxygen atoms in total. The largest absolute Gasteiger partial charge is 0.416 e. The monoisotopic (exact) mass is 685 g/mol. The van der Waals surface area contributed by atoms with Crippen LogP contribution in [0, 0.1) is 0 Å². The minimum absolute atomic E-state index is 0.142. The van der Waals surface area contributed by atoms with E-state index >= 15 is 0 Å². The molecular formula is C29H25ClF5N5O3S2. The Hall–Kier alpha value is -3.66. The molecule has 4 heterocycles. The maximum Gasteiger partial charge on any atom is 0.416 e. The summed E-state index contributed by atoms with van der Waals surface area (Å²) in [5.41, 5.74) is 0.900. The Morgan fingerprint density at radius 1 is 1.13 bits per heavy atom. The maximum absolute atomic E-state index is 14.5. The van der Waals surface area contributed by atoms with Gasteiger partial charge in [0.25, 0.3) is 15.9 Å². The second kappa shape index (κ2) is 12.6. The van der Waals surface area contributed by atoms with Crippen LogP contribution in [0.1, 0.15) is 36.2 Å². The van der Waals surface area contributed by atoms with Crippen LogP contribution in [0.2, 0.25) is 4.34 Å². The highest BCUT2D eigenvalue weighted by Gasteiger charge is 2.53. The average molecular weight is 686 g/mol. The third-order valence-corrected chi connectivity index (χ3v) is 10.5. The van der Waals surface area contributed by atoms with E-state index in [-0.39, 0.29) is 26.8 Å². The molecule has 45 heavy (non-hydrogen) atoms. The van der Waals surface area contributed by atoms with Gasteiger partial charge in [0.15, 0.2) is 0 Å². The molecule has 2 N–H and O–H groups in total. The number of carbonyl (C=O) groups is 1. The lowest BCUT2D eigenvalue weighted by Crippen LogP contribution is -2.45. The first-order valence-electron chi connectivity index (χ1n) is 13.4. The van der Waals surface area contributed by atoms with Crippen LogP contribution in [0.3, 0.4) is 0 Å². The number of sulfonamides is 1. The van der Waals surface area contributed by atoms with E-state index in [1.54, 1.807) is 30.5 Å². The van der Waals surface area contributed by atoms with Crippen LogP contribution in [-0.4, -0.2) is 47.1 Å². The number of hydrogen-bond donors (Lipinski definition) is 2. The van der Waals surface area contributed by atoms with Crippen LogP contribution in [0.15, 0.2) is 77.1 Å². The lowest BCUT2D eigenvalue weighted by atomic mass is 10.1. The molecule has 0 aliphatic carbocycles. The van der Waals surface area contributed by atoms with Gasteiger partial charge in [0.2, 0.25) is 5.91 Å². The van der Waals surface area contributed by atoms with E-state index in [0.29, 0.717) is 38.3 Å². The minimum Gasteiger partial charge on any atom is -0.362 e. The Kier molecular flexibility index (Phi) is 9.18. The molecule has 5 rings (SSSR count). The SMILES string of the molecule is CC(Nc1cc(CNC(=O)C2CC(F)(F)CN2S(=O)(=O)c2ccc(Cl)s2)cc(-c2ccc(C(F)(F)F)cc2)n1)c1ccccn1. The second-order valence-electron chi connectivity index (χ2n) is 10.3. The first-order chi connectivity index (χ1) is 21.1. The molecule has 1 saturated heterocycles. The Labute approximate surface area is 264 Å². The van der Waals surface area contributed by atoms with Crippen LogP contribution in [0.25, 0.3) is 11.3 Å². The number of nitrogens with zero attached hydrogens (tertiary/aromatic N) is 3. The zero-order valence-corrected chi connectivity index (χ0v) is 25.7. The lowest BCUT2D eigenvalue weighted by Gasteiger charge is -2.22. The van der Waals surface area contributed by atoms with Gasteiger partial charge in [0, 0.05) is 24.7 Å². The summed E-state index contributed by atoms with van der Waals surface area (Å²) in [5.74, 6) is -4.08. The highest BCUT2D eigenvalue weighted by molar-refractivity contribution is 7.91.